The summed E-state index contributed by atoms with van der Waals surface area (Å²) in [7, 11) is 0. The molecule has 0 fully saturated rings. The Morgan fingerprint density at radius 3 is 2.26 bits per heavy atom. The van der Waals surface area contributed by atoms with Gasteiger partial charge in [0.2, 0.25) is 0 Å². The van der Waals surface area contributed by atoms with Crippen molar-refractivity contribution in [1.82, 2.24) is 0 Å². The van der Waals surface area contributed by atoms with Gasteiger partial charge in [-0.15, -0.1) is 0 Å². The summed E-state index contributed by atoms with van der Waals surface area (Å²) in [5.41, 5.74) is 2.49. The van der Waals surface area contributed by atoms with E-state index in [1.807, 2.05) is 42.5 Å². The maximum Gasteiger partial charge on any atom is 0.338 e. The molecule has 0 spiro atoms. The van der Waals surface area contributed by atoms with Crippen LogP contribution in [0.2, 0.25) is 0 Å². The van der Waals surface area contributed by atoms with E-state index in [9.17, 15) is 4.79 Å². The second kappa shape index (κ2) is 6.71. The third-order valence-corrected chi connectivity index (χ3v) is 2.80. The minimum absolute atomic E-state index is 0.109. The molecule has 0 aliphatic heterocycles. The minimum Gasteiger partial charge on any atom is -0.457 e. The van der Waals surface area contributed by atoms with Crippen LogP contribution in [0.4, 0.5) is 0 Å². The molecule has 0 unspecified atom stereocenters. The Bertz CT molecular complexity index is 517. The summed E-state index contributed by atoms with van der Waals surface area (Å²) >= 11 is 0. The molecule has 0 aliphatic rings. The predicted molar refractivity (Wildman–Crippen MR) is 72.8 cm³/mol. The zero-order valence-corrected chi connectivity index (χ0v) is 10.6. The molecule has 0 aliphatic carbocycles. The first-order valence-electron chi connectivity index (χ1n) is 6.20. The molecule has 0 saturated heterocycles. The lowest BCUT2D eigenvalue weighted by Crippen LogP contribution is -2.05. The Morgan fingerprint density at radius 1 is 0.947 bits per heavy atom. The van der Waals surface area contributed by atoms with Crippen molar-refractivity contribution in [3.8, 4) is 0 Å². The molecule has 98 valence electrons. The highest BCUT2D eigenvalue weighted by molar-refractivity contribution is 5.89. The first-order chi connectivity index (χ1) is 9.29. The van der Waals surface area contributed by atoms with Gasteiger partial charge in [0, 0.05) is 6.61 Å². The van der Waals surface area contributed by atoms with Gasteiger partial charge in [0.15, 0.2) is 0 Å². The molecular weight excluding hydrogens is 240 g/mol. The summed E-state index contributed by atoms with van der Waals surface area (Å²) in [5.74, 6) is -0.334. The number of hydrogen-bond donors (Lipinski definition) is 1. The predicted octanol–water partition coefficient (Wildman–Crippen LogP) is 2.58. The van der Waals surface area contributed by atoms with Crippen molar-refractivity contribution in [2.24, 2.45) is 0 Å². The topological polar surface area (TPSA) is 46.5 Å². The van der Waals surface area contributed by atoms with Crippen LogP contribution in [0.25, 0.3) is 0 Å². The van der Waals surface area contributed by atoms with Crippen LogP contribution in [0.3, 0.4) is 0 Å². The van der Waals surface area contributed by atoms with Gasteiger partial charge in [-0.05, 0) is 29.7 Å². The van der Waals surface area contributed by atoms with Crippen molar-refractivity contribution in [1.29, 1.82) is 0 Å². The van der Waals surface area contributed by atoms with Crippen LogP contribution in [0.5, 0.6) is 0 Å². The van der Waals surface area contributed by atoms with Crippen molar-refractivity contribution >= 4 is 5.97 Å². The van der Waals surface area contributed by atoms with Crippen LogP contribution in [0.1, 0.15) is 21.5 Å². The van der Waals surface area contributed by atoms with E-state index >= 15 is 0 Å². The van der Waals surface area contributed by atoms with Crippen LogP contribution in [0, 0.1) is 0 Å². The standard InChI is InChI=1S/C16H16O3/c17-11-10-13-6-8-15(9-7-13)16(18)19-12-14-4-2-1-3-5-14/h1-9,17H,10-12H2. The van der Waals surface area contributed by atoms with E-state index < -0.39 is 0 Å². The fourth-order valence-corrected chi connectivity index (χ4v) is 1.74. The second-order valence-corrected chi connectivity index (χ2v) is 4.23. The number of rotatable bonds is 5. The van der Waals surface area contributed by atoms with Crippen molar-refractivity contribution in [3.05, 3.63) is 71.3 Å². The van der Waals surface area contributed by atoms with Gasteiger partial charge in [-0.2, -0.15) is 0 Å². The van der Waals surface area contributed by atoms with Gasteiger partial charge in [-0.25, -0.2) is 4.79 Å². The number of carbonyl (C=O) groups excluding carboxylic acids is 1. The van der Waals surface area contributed by atoms with E-state index in [0.717, 1.165) is 11.1 Å². The quantitative estimate of drug-likeness (QED) is 0.836. The lowest BCUT2D eigenvalue weighted by atomic mass is 10.1. The Kier molecular flexibility index (Phi) is 4.70. The summed E-state index contributed by atoms with van der Waals surface area (Å²) in [6.45, 7) is 0.385. The summed E-state index contributed by atoms with van der Waals surface area (Å²) in [6, 6.07) is 16.7. The second-order valence-electron chi connectivity index (χ2n) is 4.23. The highest BCUT2D eigenvalue weighted by Gasteiger charge is 2.06. The van der Waals surface area contributed by atoms with Gasteiger partial charge in [0.25, 0.3) is 0 Å². The van der Waals surface area contributed by atoms with Gasteiger partial charge in [-0.1, -0.05) is 42.5 Å². The van der Waals surface area contributed by atoms with E-state index in [-0.39, 0.29) is 19.2 Å². The molecule has 0 bridgehead atoms. The number of hydrogen-bond acceptors (Lipinski definition) is 3. The zero-order valence-electron chi connectivity index (χ0n) is 10.6. The third kappa shape index (κ3) is 3.93. The van der Waals surface area contributed by atoms with E-state index in [0.29, 0.717) is 12.0 Å². The highest BCUT2D eigenvalue weighted by Crippen LogP contribution is 2.08. The molecule has 0 radical (unpaired) electrons. The summed E-state index contributed by atoms with van der Waals surface area (Å²) in [5, 5.41) is 8.82. The maximum absolute atomic E-state index is 11.8. The first kappa shape index (κ1) is 13.3. The average Bonchev–Trinajstić information content (AvgIpc) is 2.47. The van der Waals surface area contributed by atoms with Crippen molar-refractivity contribution in [2.45, 2.75) is 13.0 Å². The number of aliphatic hydroxyl groups excluding tert-OH is 1. The molecule has 0 amide bonds. The Morgan fingerprint density at radius 2 is 1.63 bits per heavy atom. The Hall–Kier alpha value is -2.13. The molecule has 2 aromatic rings. The number of ether oxygens (including phenoxy) is 1. The number of benzene rings is 2. The molecule has 0 saturated carbocycles. The smallest absolute Gasteiger partial charge is 0.338 e. The zero-order chi connectivity index (χ0) is 13.5. The normalized spacial score (nSPS) is 10.2. The van der Waals surface area contributed by atoms with Crippen LogP contribution in [-0.2, 0) is 17.8 Å². The monoisotopic (exact) mass is 256 g/mol. The van der Waals surface area contributed by atoms with Crippen LogP contribution in [0.15, 0.2) is 54.6 Å². The summed E-state index contributed by atoms with van der Waals surface area (Å²) in [6.07, 6.45) is 0.597. The summed E-state index contributed by atoms with van der Waals surface area (Å²) in [4.78, 5) is 11.8. The van der Waals surface area contributed by atoms with Crippen molar-refractivity contribution < 1.29 is 14.6 Å². The third-order valence-electron chi connectivity index (χ3n) is 2.80. The molecule has 19 heavy (non-hydrogen) atoms. The van der Waals surface area contributed by atoms with E-state index in [1.165, 1.54) is 0 Å². The molecule has 2 aromatic carbocycles. The molecule has 0 aromatic heterocycles. The molecule has 1 N–H and O–H groups in total. The Labute approximate surface area is 112 Å². The molecule has 3 heteroatoms. The molecule has 0 atom stereocenters. The lowest BCUT2D eigenvalue weighted by molar-refractivity contribution is 0.0472. The molecule has 2 rings (SSSR count). The van der Waals surface area contributed by atoms with Crippen LogP contribution in [-0.4, -0.2) is 17.7 Å². The van der Waals surface area contributed by atoms with Gasteiger partial charge < -0.3 is 9.84 Å². The highest BCUT2D eigenvalue weighted by atomic mass is 16.5. The molecule has 0 heterocycles. The number of carbonyl (C=O) groups is 1. The SMILES string of the molecule is O=C(OCc1ccccc1)c1ccc(CCO)cc1. The molecule has 3 nitrogen and oxygen atoms in total. The summed E-state index contributed by atoms with van der Waals surface area (Å²) < 4.78 is 5.23. The van der Waals surface area contributed by atoms with Crippen molar-refractivity contribution in [3.63, 3.8) is 0 Å². The minimum atomic E-state index is -0.334. The van der Waals surface area contributed by atoms with Gasteiger partial charge >= 0.3 is 5.97 Å². The Balaban J connectivity index is 1.92. The van der Waals surface area contributed by atoms with Gasteiger partial charge in [-0.3, -0.25) is 0 Å². The fraction of sp³-hybridized carbons (Fsp3) is 0.188. The first-order valence-corrected chi connectivity index (χ1v) is 6.20. The maximum atomic E-state index is 11.8. The number of aliphatic hydroxyl groups is 1. The number of esters is 1. The fourth-order valence-electron chi connectivity index (χ4n) is 1.74. The van der Waals surface area contributed by atoms with E-state index in [1.54, 1.807) is 12.1 Å². The van der Waals surface area contributed by atoms with Gasteiger partial charge in [0.05, 0.1) is 5.56 Å². The van der Waals surface area contributed by atoms with E-state index in [4.69, 9.17) is 9.84 Å². The lowest BCUT2D eigenvalue weighted by Gasteiger charge is -2.05. The van der Waals surface area contributed by atoms with E-state index in [2.05, 4.69) is 0 Å². The molecular formula is C16H16O3. The van der Waals surface area contributed by atoms with Crippen LogP contribution >= 0.6 is 0 Å². The largest absolute Gasteiger partial charge is 0.457 e. The van der Waals surface area contributed by atoms with Crippen molar-refractivity contribution in [2.75, 3.05) is 6.61 Å². The average molecular weight is 256 g/mol. The van der Waals surface area contributed by atoms with Crippen LogP contribution < -0.4 is 0 Å². The van der Waals surface area contributed by atoms with Gasteiger partial charge in [0.1, 0.15) is 6.61 Å².